The van der Waals surface area contributed by atoms with Crippen LogP contribution in [0.3, 0.4) is 0 Å². The largest absolute Gasteiger partial charge is 0.373 e. The minimum Gasteiger partial charge on any atom is -0.373 e. The SMILES string of the molecule is CNc1cc(S(=O)(=O)Nc2ccc(Br)c(C)c2)ccn1. The first-order chi connectivity index (χ1) is 9.42. The first-order valence-corrected chi connectivity index (χ1v) is 8.13. The fourth-order valence-electron chi connectivity index (χ4n) is 1.64. The van der Waals surface area contributed by atoms with Gasteiger partial charge in [0, 0.05) is 29.5 Å². The van der Waals surface area contributed by atoms with Crippen molar-refractivity contribution < 1.29 is 8.42 Å². The smallest absolute Gasteiger partial charge is 0.262 e. The molecule has 0 atom stereocenters. The monoisotopic (exact) mass is 355 g/mol. The van der Waals surface area contributed by atoms with Crippen molar-refractivity contribution in [3.63, 3.8) is 0 Å². The molecule has 1 heterocycles. The fourth-order valence-corrected chi connectivity index (χ4v) is 2.95. The molecule has 2 N–H and O–H groups in total. The van der Waals surface area contributed by atoms with Gasteiger partial charge >= 0.3 is 0 Å². The van der Waals surface area contributed by atoms with E-state index in [-0.39, 0.29) is 4.90 Å². The standard InChI is InChI=1S/C13H14BrN3O2S/c1-9-7-10(3-4-12(9)14)17-20(18,19)11-5-6-16-13(8-11)15-2/h3-8,17H,1-2H3,(H,15,16). The number of nitrogens with zero attached hydrogens (tertiary/aromatic N) is 1. The van der Waals surface area contributed by atoms with Crippen LogP contribution in [-0.2, 0) is 10.0 Å². The Morgan fingerprint density at radius 3 is 2.60 bits per heavy atom. The van der Waals surface area contributed by atoms with Gasteiger partial charge in [-0.3, -0.25) is 4.72 Å². The zero-order chi connectivity index (χ0) is 14.8. The Morgan fingerprint density at radius 2 is 1.95 bits per heavy atom. The van der Waals surface area contributed by atoms with Crippen molar-refractivity contribution in [2.45, 2.75) is 11.8 Å². The number of rotatable bonds is 4. The molecule has 0 bridgehead atoms. The number of aromatic nitrogens is 1. The number of anilines is 2. The van der Waals surface area contributed by atoms with Gasteiger partial charge < -0.3 is 5.32 Å². The summed E-state index contributed by atoms with van der Waals surface area (Å²) >= 11 is 3.38. The second-order valence-electron chi connectivity index (χ2n) is 4.20. The van der Waals surface area contributed by atoms with E-state index in [2.05, 4.69) is 31.0 Å². The third-order valence-electron chi connectivity index (χ3n) is 2.71. The van der Waals surface area contributed by atoms with Gasteiger partial charge in [0.2, 0.25) is 0 Å². The molecule has 0 unspecified atom stereocenters. The van der Waals surface area contributed by atoms with E-state index in [1.807, 2.05) is 6.92 Å². The van der Waals surface area contributed by atoms with E-state index >= 15 is 0 Å². The number of nitrogens with one attached hydrogen (secondary N) is 2. The minimum atomic E-state index is -3.62. The van der Waals surface area contributed by atoms with Gasteiger partial charge in [-0.2, -0.15) is 0 Å². The summed E-state index contributed by atoms with van der Waals surface area (Å²) in [6.07, 6.45) is 1.45. The minimum absolute atomic E-state index is 0.164. The third kappa shape index (κ3) is 3.29. The van der Waals surface area contributed by atoms with E-state index in [0.717, 1.165) is 10.0 Å². The highest BCUT2D eigenvalue weighted by molar-refractivity contribution is 9.10. The van der Waals surface area contributed by atoms with Crippen molar-refractivity contribution in [1.29, 1.82) is 0 Å². The van der Waals surface area contributed by atoms with Gasteiger partial charge in [0.25, 0.3) is 10.0 Å². The molecule has 0 saturated heterocycles. The van der Waals surface area contributed by atoms with Crippen LogP contribution in [0.5, 0.6) is 0 Å². The van der Waals surface area contributed by atoms with Crippen LogP contribution in [-0.4, -0.2) is 20.4 Å². The van der Waals surface area contributed by atoms with Crippen molar-refractivity contribution in [2.24, 2.45) is 0 Å². The second-order valence-corrected chi connectivity index (χ2v) is 6.73. The highest BCUT2D eigenvalue weighted by Crippen LogP contribution is 2.22. The number of hydrogen-bond donors (Lipinski definition) is 2. The van der Waals surface area contributed by atoms with Gasteiger partial charge in [0.05, 0.1) is 4.90 Å². The molecule has 7 heteroatoms. The summed E-state index contributed by atoms with van der Waals surface area (Å²) in [7, 11) is -1.94. The average Bonchev–Trinajstić information content (AvgIpc) is 2.43. The van der Waals surface area contributed by atoms with Crippen LogP contribution in [0.1, 0.15) is 5.56 Å². The number of aryl methyl sites for hydroxylation is 1. The predicted octanol–water partition coefficient (Wildman–Crippen LogP) is 3.00. The molecule has 0 saturated carbocycles. The van der Waals surface area contributed by atoms with E-state index in [4.69, 9.17) is 0 Å². The number of benzene rings is 1. The molecule has 1 aromatic heterocycles. The van der Waals surface area contributed by atoms with Crippen molar-refractivity contribution in [3.05, 3.63) is 46.6 Å². The molecule has 0 aliphatic carbocycles. The van der Waals surface area contributed by atoms with Crippen molar-refractivity contribution in [3.8, 4) is 0 Å². The summed E-state index contributed by atoms with van der Waals surface area (Å²) in [6.45, 7) is 1.90. The Hall–Kier alpha value is -1.60. The highest BCUT2D eigenvalue weighted by atomic mass is 79.9. The quantitative estimate of drug-likeness (QED) is 0.884. The lowest BCUT2D eigenvalue weighted by molar-refractivity contribution is 0.601. The Balaban J connectivity index is 2.32. The van der Waals surface area contributed by atoms with Gasteiger partial charge in [-0.25, -0.2) is 13.4 Å². The molecule has 5 nitrogen and oxygen atoms in total. The maximum absolute atomic E-state index is 12.3. The summed E-state index contributed by atoms with van der Waals surface area (Å²) in [4.78, 5) is 4.16. The molecule has 2 aromatic rings. The molecular weight excluding hydrogens is 342 g/mol. The number of hydrogen-bond acceptors (Lipinski definition) is 4. The Kier molecular flexibility index (Phi) is 4.29. The topological polar surface area (TPSA) is 71.1 Å². The zero-order valence-electron chi connectivity index (χ0n) is 11.0. The predicted molar refractivity (Wildman–Crippen MR) is 83.5 cm³/mol. The first kappa shape index (κ1) is 14.8. The Morgan fingerprint density at radius 1 is 1.20 bits per heavy atom. The van der Waals surface area contributed by atoms with Gasteiger partial charge in [0.15, 0.2) is 0 Å². The normalized spacial score (nSPS) is 11.2. The van der Waals surface area contributed by atoms with Gasteiger partial charge in [0.1, 0.15) is 5.82 Å². The summed E-state index contributed by atoms with van der Waals surface area (Å²) in [6, 6.07) is 8.21. The Labute approximate surface area is 126 Å². The molecular formula is C13H14BrN3O2S. The van der Waals surface area contributed by atoms with Gasteiger partial charge in [-0.1, -0.05) is 15.9 Å². The summed E-state index contributed by atoms with van der Waals surface area (Å²) in [5.74, 6) is 0.500. The number of sulfonamides is 1. The maximum atomic E-state index is 12.3. The lowest BCUT2D eigenvalue weighted by Crippen LogP contribution is -2.13. The second kappa shape index (κ2) is 5.80. The van der Waals surface area contributed by atoms with Crippen LogP contribution in [0, 0.1) is 6.92 Å². The average molecular weight is 356 g/mol. The zero-order valence-corrected chi connectivity index (χ0v) is 13.4. The maximum Gasteiger partial charge on any atom is 0.262 e. The third-order valence-corrected chi connectivity index (χ3v) is 4.98. The summed E-state index contributed by atoms with van der Waals surface area (Å²) in [5.41, 5.74) is 1.48. The van der Waals surface area contributed by atoms with Crippen LogP contribution in [0.2, 0.25) is 0 Å². The molecule has 0 aliphatic rings. The molecule has 0 spiro atoms. The fraction of sp³-hybridized carbons (Fsp3) is 0.154. The van der Waals surface area contributed by atoms with E-state index in [1.165, 1.54) is 18.3 Å². The van der Waals surface area contributed by atoms with E-state index < -0.39 is 10.0 Å². The number of pyridine rings is 1. The van der Waals surface area contributed by atoms with Crippen LogP contribution in [0.4, 0.5) is 11.5 Å². The van der Waals surface area contributed by atoms with E-state index in [1.54, 1.807) is 25.2 Å². The van der Waals surface area contributed by atoms with Crippen molar-refractivity contribution in [2.75, 3.05) is 17.1 Å². The van der Waals surface area contributed by atoms with Crippen LogP contribution in [0.15, 0.2) is 45.9 Å². The molecule has 1 aromatic carbocycles. The van der Waals surface area contributed by atoms with Crippen molar-refractivity contribution >= 4 is 37.5 Å². The van der Waals surface area contributed by atoms with Crippen LogP contribution >= 0.6 is 15.9 Å². The molecule has 0 radical (unpaired) electrons. The van der Waals surface area contributed by atoms with Crippen LogP contribution < -0.4 is 10.0 Å². The molecule has 0 amide bonds. The van der Waals surface area contributed by atoms with Crippen molar-refractivity contribution in [1.82, 2.24) is 4.98 Å². The van der Waals surface area contributed by atoms with E-state index in [9.17, 15) is 8.42 Å². The summed E-state index contributed by atoms with van der Waals surface area (Å²) < 4.78 is 28.1. The molecule has 0 aliphatic heterocycles. The summed E-state index contributed by atoms with van der Waals surface area (Å²) in [5, 5.41) is 2.81. The highest BCUT2D eigenvalue weighted by Gasteiger charge is 2.15. The lowest BCUT2D eigenvalue weighted by Gasteiger charge is -2.10. The molecule has 106 valence electrons. The van der Waals surface area contributed by atoms with Crippen LogP contribution in [0.25, 0.3) is 0 Å². The number of halogens is 1. The lowest BCUT2D eigenvalue weighted by atomic mass is 10.2. The molecule has 20 heavy (non-hydrogen) atoms. The molecule has 0 fully saturated rings. The first-order valence-electron chi connectivity index (χ1n) is 5.85. The van der Waals surface area contributed by atoms with Gasteiger partial charge in [-0.15, -0.1) is 0 Å². The molecule has 2 rings (SSSR count). The van der Waals surface area contributed by atoms with Gasteiger partial charge in [-0.05, 0) is 36.8 Å². The van der Waals surface area contributed by atoms with E-state index in [0.29, 0.717) is 11.5 Å². The Bertz CT molecular complexity index is 732.